The van der Waals surface area contributed by atoms with Crippen molar-refractivity contribution in [2.75, 3.05) is 25.2 Å². The molecule has 0 amide bonds. The van der Waals surface area contributed by atoms with Gasteiger partial charge in [-0.05, 0) is 18.9 Å². The van der Waals surface area contributed by atoms with E-state index in [4.69, 9.17) is 15.2 Å². The van der Waals surface area contributed by atoms with Crippen LogP contribution in [0.25, 0.3) is 10.2 Å². The first-order valence-corrected chi connectivity index (χ1v) is 9.20. The molecule has 3 rings (SSSR count). The third-order valence-corrected chi connectivity index (χ3v) is 6.02. The molecule has 0 radical (unpaired) electrons. The summed E-state index contributed by atoms with van der Waals surface area (Å²) in [5.41, 5.74) is 7.40. The fraction of sp³-hybridized carbons (Fsp3) is 0.600. The Morgan fingerprint density at radius 3 is 3.00 bits per heavy atom. The molecule has 2 aromatic heterocycles. The molecule has 7 heteroatoms. The third-order valence-electron chi connectivity index (χ3n) is 4.11. The van der Waals surface area contributed by atoms with E-state index >= 15 is 0 Å². The maximum atomic E-state index is 6.23. The van der Waals surface area contributed by atoms with Crippen molar-refractivity contribution in [1.29, 1.82) is 0 Å². The molecule has 0 aliphatic carbocycles. The summed E-state index contributed by atoms with van der Waals surface area (Å²) in [6.07, 6.45) is 1.86. The molecule has 1 aliphatic heterocycles. The summed E-state index contributed by atoms with van der Waals surface area (Å²) < 4.78 is 11.1. The smallest absolute Gasteiger partial charge is 0.190 e. The number of aromatic nitrogens is 2. The molecule has 2 N–H and O–H groups in total. The zero-order chi connectivity index (χ0) is 15.7. The Balaban J connectivity index is 1.97. The largest absolute Gasteiger partial charge is 0.384 e. The Kier molecular flexibility index (Phi) is 4.59. The highest BCUT2D eigenvalue weighted by Gasteiger charge is 2.32. The van der Waals surface area contributed by atoms with Gasteiger partial charge in [-0.25, -0.2) is 9.97 Å². The fourth-order valence-corrected chi connectivity index (χ4v) is 4.51. The number of fused-ring (bicyclic) bond motifs is 3. The van der Waals surface area contributed by atoms with Gasteiger partial charge < -0.3 is 15.2 Å². The van der Waals surface area contributed by atoms with E-state index in [1.807, 2.05) is 0 Å². The summed E-state index contributed by atoms with van der Waals surface area (Å²) in [4.78, 5) is 11.3. The number of hydrogen-bond donors (Lipinski definition) is 1. The van der Waals surface area contributed by atoms with E-state index in [0.29, 0.717) is 19.0 Å². The van der Waals surface area contributed by atoms with E-state index in [-0.39, 0.29) is 5.60 Å². The molecule has 120 valence electrons. The standard InChI is InChI=1S/C15H21N3O2S2/c1-4-15(2)7-9-10(8-20-15)22-13-11(9)12(16)17-14(18-13)21-6-5-19-3/h4-8H2,1-3H3,(H2,16,17,18)/t15-/m1/s1. The van der Waals surface area contributed by atoms with Crippen LogP contribution in [0.2, 0.25) is 0 Å². The summed E-state index contributed by atoms with van der Waals surface area (Å²) >= 11 is 3.25. The van der Waals surface area contributed by atoms with Crippen LogP contribution in [0.1, 0.15) is 30.7 Å². The SMILES string of the molecule is CC[C@]1(C)Cc2c(sc3nc(SCCOC)nc(N)c23)CO1. The molecule has 0 fully saturated rings. The molecule has 5 nitrogen and oxygen atoms in total. The van der Waals surface area contributed by atoms with Gasteiger partial charge in [-0.1, -0.05) is 18.7 Å². The Hall–Kier alpha value is -0.890. The Morgan fingerprint density at radius 2 is 2.27 bits per heavy atom. The highest BCUT2D eigenvalue weighted by atomic mass is 32.2. The summed E-state index contributed by atoms with van der Waals surface area (Å²) in [5, 5.41) is 1.75. The molecule has 3 heterocycles. The van der Waals surface area contributed by atoms with E-state index in [1.54, 1.807) is 30.2 Å². The number of anilines is 1. The van der Waals surface area contributed by atoms with Gasteiger partial charge in [-0.3, -0.25) is 0 Å². The number of thioether (sulfide) groups is 1. The van der Waals surface area contributed by atoms with Crippen LogP contribution >= 0.6 is 23.1 Å². The predicted octanol–water partition coefficient (Wildman–Crippen LogP) is 3.25. The van der Waals surface area contributed by atoms with Crippen LogP contribution < -0.4 is 5.73 Å². The second-order valence-corrected chi connectivity index (χ2v) is 7.83. The molecule has 0 saturated heterocycles. The molecule has 0 saturated carbocycles. The summed E-state index contributed by atoms with van der Waals surface area (Å²) in [6.45, 7) is 5.64. The molecule has 0 bridgehead atoms. The lowest BCUT2D eigenvalue weighted by molar-refractivity contribution is -0.0542. The normalized spacial score (nSPS) is 21.2. The molecule has 0 aromatic carbocycles. The lowest BCUT2D eigenvalue weighted by Crippen LogP contribution is -2.33. The number of ether oxygens (including phenoxy) is 2. The molecule has 22 heavy (non-hydrogen) atoms. The van der Waals surface area contributed by atoms with Crippen molar-refractivity contribution in [1.82, 2.24) is 9.97 Å². The van der Waals surface area contributed by atoms with Crippen molar-refractivity contribution in [2.45, 2.75) is 44.1 Å². The summed E-state index contributed by atoms with van der Waals surface area (Å²) in [5.74, 6) is 1.41. The van der Waals surface area contributed by atoms with Crippen LogP contribution in [-0.2, 0) is 22.5 Å². The van der Waals surface area contributed by atoms with Crippen molar-refractivity contribution >= 4 is 39.1 Å². The first-order valence-electron chi connectivity index (χ1n) is 7.40. The average Bonchev–Trinajstić information content (AvgIpc) is 2.85. The summed E-state index contributed by atoms with van der Waals surface area (Å²) in [6, 6.07) is 0. The van der Waals surface area contributed by atoms with E-state index in [0.717, 1.165) is 34.0 Å². The number of nitrogens with zero attached hydrogens (tertiary/aromatic N) is 2. The average molecular weight is 339 g/mol. The quantitative estimate of drug-likeness (QED) is 0.512. The maximum Gasteiger partial charge on any atom is 0.190 e. The molecule has 1 atom stereocenters. The van der Waals surface area contributed by atoms with Gasteiger partial charge in [-0.2, -0.15) is 0 Å². The molecule has 0 unspecified atom stereocenters. The van der Waals surface area contributed by atoms with Crippen molar-refractivity contribution in [3.05, 3.63) is 10.4 Å². The number of rotatable bonds is 5. The van der Waals surface area contributed by atoms with Gasteiger partial charge in [0.15, 0.2) is 5.16 Å². The highest BCUT2D eigenvalue weighted by molar-refractivity contribution is 7.99. The molecular formula is C15H21N3O2S2. The van der Waals surface area contributed by atoms with Gasteiger partial charge in [0, 0.05) is 24.2 Å². The zero-order valence-corrected chi connectivity index (χ0v) is 14.8. The van der Waals surface area contributed by atoms with Gasteiger partial charge >= 0.3 is 0 Å². The van der Waals surface area contributed by atoms with Crippen LogP contribution in [-0.4, -0.2) is 35.0 Å². The van der Waals surface area contributed by atoms with Gasteiger partial charge in [-0.15, -0.1) is 11.3 Å². The third kappa shape index (κ3) is 2.95. The van der Waals surface area contributed by atoms with E-state index in [2.05, 4.69) is 23.8 Å². The Labute approximate surface area is 138 Å². The number of nitrogen functional groups attached to an aromatic ring is 1. The van der Waals surface area contributed by atoms with Gasteiger partial charge in [0.2, 0.25) is 0 Å². The van der Waals surface area contributed by atoms with Crippen molar-refractivity contribution < 1.29 is 9.47 Å². The fourth-order valence-electron chi connectivity index (χ4n) is 2.59. The van der Waals surface area contributed by atoms with Crippen LogP contribution in [0.5, 0.6) is 0 Å². The molecule has 2 aromatic rings. The highest BCUT2D eigenvalue weighted by Crippen LogP contribution is 2.41. The first kappa shape index (κ1) is 16.0. The van der Waals surface area contributed by atoms with E-state index in [9.17, 15) is 0 Å². The minimum Gasteiger partial charge on any atom is -0.384 e. The van der Waals surface area contributed by atoms with E-state index in [1.165, 1.54) is 10.4 Å². The number of hydrogen-bond acceptors (Lipinski definition) is 7. The predicted molar refractivity (Wildman–Crippen MR) is 91.6 cm³/mol. The number of methoxy groups -OCH3 is 1. The number of thiophene rings is 1. The maximum absolute atomic E-state index is 6.23. The monoisotopic (exact) mass is 339 g/mol. The second-order valence-electron chi connectivity index (χ2n) is 5.69. The van der Waals surface area contributed by atoms with Crippen molar-refractivity contribution in [3.63, 3.8) is 0 Å². The van der Waals surface area contributed by atoms with Crippen molar-refractivity contribution in [3.8, 4) is 0 Å². The number of nitrogens with two attached hydrogens (primary N) is 1. The first-order chi connectivity index (χ1) is 10.6. The van der Waals surface area contributed by atoms with E-state index < -0.39 is 0 Å². The zero-order valence-electron chi connectivity index (χ0n) is 13.1. The molecule has 1 aliphatic rings. The minimum atomic E-state index is -0.112. The summed E-state index contributed by atoms with van der Waals surface area (Å²) in [7, 11) is 1.69. The van der Waals surface area contributed by atoms with Gasteiger partial charge in [0.1, 0.15) is 10.6 Å². The Bertz CT molecular complexity index is 689. The van der Waals surface area contributed by atoms with Gasteiger partial charge in [0.05, 0.1) is 24.2 Å². The second kappa shape index (κ2) is 6.31. The van der Waals surface area contributed by atoms with Crippen LogP contribution in [0, 0.1) is 0 Å². The lowest BCUT2D eigenvalue weighted by Gasteiger charge is -2.33. The molecule has 0 spiro atoms. The Morgan fingerprint density at radius 1 is 1.45 bits per heavy atom. The van der Waals surface area contributed by atoms with Crippen molar-refractivity contribution in [2.24, 2.45) is 0 Å². The van der Waals surface area contributed by atoms with Crippen LogP contribution in [0.3, 0.4) is 0 Å². The minimum absolute atomic E-state index is 0.112. The van der Waals surface area contributed by atoms with Crippen LogP contribution in [0.15, 0.2) is 5.16 Å². The van der Waals surface area contributed by atoms with Gasteiger partial charge in [0.25, 0.3) is 0 Å². The molecular weight excluding hydrogens is 318 g/mol. The van der Waals surface area contributed by atoms with Crippen LogP contribution in [0.4, 0.5) is 5.82 Å². The lowest BCUT2D eigenvalue weighted by atomic mass is 9.90. The topological polar surface area (TPSA) is 70.3 Å².